The molecule has 0 saturated carbocycles. The number of morpholine rings is 1. The highest BCUT2D eigenvalue weighted by Gasteiger charge is 2.28. The summed E-state index contributed by atoms with van der Waals surface area (Å²) in [7, 11) is 1.97. The van der Waals surface area contributed by atoms with Gasteiger partial charge in [-0.05, 0) is 23.3 Å². The molecule has 1 aliphatic rings. The molecule has 0 radical (unpaired) electrons. The number of rotatable bonds is 3. The molecule has 1 amide bonds. The van der Waals surface area contributed by atoms with E-state index in [0.29, 0.717) is 26.1 Å². The number of carbonyl (C=O) groups is 1. The van der Waals surface area contributed by atoms with Crippen LogP contribution in [-0.4, -0.2) is 40.1 Å². The standard InChI is InChI=1S/C21H23N3O2/c1-15-13-23(2)21(22-15)19-14-24(9-10-26-19)20(25)12-16-7-8-17-5-3-4-6-18(17)11-16/h3-8,11,13,19H,9-10,12,14H2,1-2H3. The lowest BCUT2D eigenvalue weighted by Gasteiger charge is -2.32. The van der Waals surface area contributed by atoms with Gasteiger partial charge in [-0.15, -0.1) is 0 Å². The van der Waals surface area contributed by atoms with Gasteiger partial charge >= 0.3 is 0 Å². The number of hydrogen-bond donors (Lipinski definition) is 0. The van der Waals surface area contributed by atoms with Crippen LogP contribution in [0.3, 0.4) is 0 Å². The molecule has 134 valence electrons. The van der Waals surface area contributed by atoms with Gasteiger partial charge in [0.2, 0.25) is 5.91 Å². The summed E-state index contributed by atoms with van der Waals surface area (Å²) in [5.74, 6) is 1.02. The topological polar surface area (TPSA) is 47.4 Å². The zero-order chi connectivity index (χ0) is 18.1. The summed E-state index contributed by atoms with van der Waals surface area (Å²) < 4.78 is 7.85. The first kappa shape index (κ1) is 16.8. The summed E-state index contributed by atoms with van der Waals surface area (Å²) in [5.41, 5.74) is 2.01. The first-order valence-electron chi connectivity index (χ1n) is 8.97. The predicted molar refractivity (Wildman–Crippen MR) is 101 cm³/mol. The van der Waals surface area contributed by atoms with E-state index >= 15 is 0 Å². The lowest BCUT2D eigenvalue weighted by atomic mass is 10.0. The highest BCUT2D eigenvalue weighted by Crippen LogP contribution is 2.22. The largest absolute Gasteiger partial charge is 0.367 e. The van der Waals surface area contributed by atoms with E-state index in [2.05, 4.69) is 29.2 Å². The summed E-state index contributed by atoms with van der Waals surface area (Å²) in [4.78, 5) is 19.3. The van der Waals surface area contributed by atoms with Crippen molar-refractivity contribution >= 4 is 16.7 Å². The molecular formula is C21H23N3O2. The Balaban J connectivity index is 1.47. The third-order valence-electron chi connectivity index (χ3n) is 4.91. The maximum absolute atomic E-state index is 12.8. The molecule has 0 spiro atoms. The second kappa shape index (κ2) is 6.92. The van der Waals surface area contributed by atoms with Crippen LogP contribution in [0, 0.1) is 6.92 Å². The number of carbonyl (C=O) groups excluding carboxylic acids is 1. The van der Waals surface area contributed by atoms with Crippen LogP contribution in [0.2, 0.25) is 0 Å². The van der Waals surface area contributed by atoms with Crippen molar-refractivity contribution in [1.29, 1.82) is 0 Å². The van der Waals surface area contributed by atoms with E-state index in [9.17, 15) is 4.79 Å². The van der Waals surface area contributed by atoms with Crippen LogP contribution < -0.4 is 0 Å². The zero-order valence-corrected chi connectivity index (χ0v) is 15.2. The van der Waals surface area contributed by atoms with Crippen molar-refractivity contribution in [2.75, 3.05) is 19.7 Å². The van der Waals surface area contributed by atoms with E-state index in [4.69, 9.17) is 4.74 Å². The van der Waals surface area contributed by atoms with Crippen molar-refractivity contribution in [2.45, 2.75) is 19.4 Å². The second-order valence-electron chi connectivity index (χ2n) is 6.91. The van der Waals surface area contributed by atoms with Crippen molar-refractivity contribution in [1.82, 2.24) is 14.5 Å². The quantitative estimate of drug-likeness (QED) is 0.730. The van der Waals surface area contributed by atoms with Gasteiger partial charge in [-0.1, -0.05) is 42.5 Å². The highest BCUT2D eigenvalue weighted by atomic mass is 16.5. The smallest absolute Gasteiger partial charge is 0.227 e. The van der Waals surface area contributed by atoms with Crippen LogP contribution >= 0.6 is 0 Å². The van der Waals surface area contributed by atoms with Crippen LogP contribution in [0.25, 0.3) is 10.8 Å². The maximum atomic E-state index is 12.8. The first-order valence-corrected chi connectivity index (χ1v) is 8.97. The Bertz CT molecular complexity index is 947. The Hall–Kier alpha value is -2.66. The number of nitrogens with zero attached hydrogens (tertiary/aromatic N) is 3. The van der Waals surface area contributed by atoms with Gasteiger partial charge in [-0.3, -0.25) is 4.79 Å². The predicted octanol–water partition coefficient (Wildman–Crippen LogP) is 3.02. The van der Waals surface area contributed by atoms with Gasteiger partial charge in [0, 0.05) is 19.8 Å². The normalized spacial score (nSPS) is 17.6. The Morgan fingerprint density at radius 3 is 2.81 bits per heavy atom. The molecule has 0 N–H and O–H groups in total. The van der Waals surface area contributed by atoms with Crippen LogP contribution in [0.4, 0.5) is 0 Å². The summed E-state index contributed by atoms with van der Waals surface area (Å²) in [6.45, 7) is 3.69. The summed E-state index contributed by atoms with van der Waals surface area (Å²) in [6, 6.07) is 14.4. The molecule has 1 atom stereocenters. The van der Waals surface area contributed by atoms with Gasteiger partial charge < -0.3 is 14.2 Å². The third-order valence-corrected chi connectivity index (χ3v) is 4.91. The number of hydrogen-bond acceptors (Lipinski definition) is 3. The lowest BCUT2D eigenvalue weighted by Crippen LogP contribution is -2.43. The Labute approximate surface area is 153 Å². The average Bonchev–Trinajstić information content (AvgIpc) is 3.00. The Morgan fingerprint density at radius 1 is 1.23 bits per heavy atom. The zero-order valence-electron chi connectivity index (χ0n) is 15.2. The third kappa shape index (κ3) is 3.35. The van der Waals surface area contributed by atoms with Gasteiger partial charge in [0.05, 0.1) is 25.3 Å². The van der Waals surface area contributed by atoms with Gasteiger partial charge in [0.25, 0.3) is 0 Å². The van der Waals surface area contributed by atoms with E-state index in [-0.39, 0.29) is 12.0 Å². The summed E-state index contributed by atoms with van der Waals surface area (Å²) in [6.07, 6.45) is 2.23. The fourth-order valence-electron chi connectivity index (χ4n) is 3.60. The molecule has 1 fully saturated rings. The van der Waals surface area contributed by atoms with Crippen molar-refractivity contribution in [3.63, 3.8) is 0 Å². The molecule has 1 saturated heterocycles. The van der Waals surface area contributed by atoms with E-state index in [1.165, 1.54) is 10.8 Å². The SMILES string of the molecule is Cc1cn(C)c(C2CN(C(=O)Cc3ccc4ccccc4c3)CCO2)n1. The van der Waals surface area contributed by atoms with Crippen molar-refractivity contribution in [3.05, 3.63) is 65.7 Å². The lowest BCUT2D eigenvalue weighted by molar-refractivity contribution is -0.138. The molecule has 5 heteroatoms. The molecule has 1 unspecified atom stereocenters. The van der Waals surface area contributed by atoms with E-state index in [1.807, 2.05) is 47.8 Å². The Morgan fingerprint density at radius 2 is 2.04 bits per heavy atom. The van der Waals surface area contributed by atoms with Crippen molar-refractivity contribution in [3.8, 4) is 0 Å². The fraction of sp³-hybridized carbons (Fsp3) is 0.333. The molecule has 5 nitrogen and oxygen atoms in total. The van der Waals surface area contributed by atoms with Gasteiger partial charge in [-0.2, -0.15) is 0 Å². The molecule has 2 heterocycles. The van der Waals surface area contributed by atoms with Gasteiger partial charge in [-0.25, -0.2) is 4.98 Å². The summed E-state index contributed by atoms with van der Waals surface area (Å²) in [5, 5.41) is 2.36. The average molecular weight is 349 g/mol. The fourth-order valence-corrected chi connectivity index (χ4v) is 3.60. The molecule has 3 aromatic rings. The molecule has 2 aromatic carbocycles. The molecule has 1 aliphatic heterocycles. The highest BCUT2D eigenvalue weighted by molar-refractivity contribution is 5.85. The number of amides is 1. The van der Waals surface area contributed by atoms with Crippen LogP contribution in [0.1, 0.15) is 23.2 Å². The number of aryl methyl sites for hydroxylation is 2. The molecule has 4 rings (SSSR count). The minimum atomic E-state index is -0.164. The number of aromatic nitrogens is 2. The summed E-state index contributed by atoms with van der Waals surface area (Å²) >= 11 is 0. The number of fused-ring (bicyclic) bond motifs is 1. The number of benzene rings is 2. The monoisotopic (exact) mass is 349 g/mol. The van der Waals surface area contributed by atoms with Gasteiger partial charge in [0.15, 0.2) is 0 Å². The van der Waals surface area contributed by atoms with E-state index < -0.39 is 0 Å². The van der Waals surface area contributed by atoms with Crippen molar-refractivity contribution < 1.29 is 9.53 Å². The maximum Gasteiger partial charge on any atom is 0.227 e. The first-order chi connectivity index (χ1) is 12.6. The molecular weight excluding hydrogens is 326 g/mol. The van der Waals surface area contributed by atoms with E-state index in [0.717, 1.165) is 17.1 Å². The molecule has 0 aliphatic carbocycles. The minimum absolute atomic E-state index is 0.138. The van der Waals surface area contributed by atoms with Crippen LogP contribution in [-0.2, 0) is 23.0 Å². The molecule has 1 aromatic heterocycles. The molecule has 26 heavy (non-hydrogen) atoms. The second-order valence-corrected chi connectivity index (χ2v) is 6.91. The van der Waals surface area contributed by atoms with Crippen molar-refractivity contribution in [2.24, 2.45) is 7.05 Å². The van der Waals surface area contributed by atoms with Crippen LogP contribution in [0.5, 0.6) is 0 Å². The molecule has 0 bridgehead atoms. The number of imidazole rings is 1. The minimum Gasteiger partial charge on any atom is -0.367 e. The van der Waals surface area contributed by atoms with E-state index in [1.54, 1.807) is 0 Å². The Kier molecular flexibility index (Phi) is 4.47. The van der Waals surface area contributed by atoms with Gasteiger partial charge in [0.1, 0.15) is 11.9 Å². The number of ether oxygens (including phenoxy) is 1. The van der Waals surface area contributed by atoms with Crippen LogP contribution in [0.15, 0.2) is 48.7 Å².